The van der Waals surface area contributed by atoms with Gasteiger partial charge in [0.1, 0.15) is 11.9 Å². The van der Waals surface area contributed by atoms with Crippen molar-refractivity contribution in [2.24, 2.45) is 0 Å². The van der Waals surface area contributed by atoms with Gasteiger partial charge < -0.3 is 14.6 Å². The average molecular weight is 353 g/mol. The molecule has 1 fully saturated rings. The Morgan fingerprint density at radius 3 is 2.46 bits per heavy atom. The van der Waals surface area contributed by atoms with Gasteiger partial charge in [-0.05, 0) is 49.1 Å². The second-order valence-corrected chi connectivity index (χ2v) is 7.63. The number of benzene rings is 2. The minimum atomic E-state index is 0.191. The van der Waals surface area contributed by atoms with Crippen LogP contribution in [0.3, 0.4) is 0 Å². The van der Waals surface area contributed by atoms with E-state index in [-0.39, 0.29) is 11.9 Å². The van der Waals surface area contributed by atoms with Gasteiger partial charge in [0.15, 0.2) is 11.5 Å². The van der Waals surface area contributed by atoms with E-state index in [1.165, 1.54) is 24.0 Å². The highest BCUT2D eigenvalue weighted by Crippen LogP contribution is 2.39. The molecule has 2 aliphatic rings. The molecule has 0 amide bonds. The van der Waals surface area contributed by atoms with E-state index in [9.17, 15) is 5.11 Å². The summed E-state index contributed by atoms with van der Waals surface area (Å²) in [6, 6.07) is 12.9. The van der Waals surface area contributed by atoms with Gasteiger partial charge in [-0.1, -0.05) is 25.1 Å². The Kier molecular flexibility index (Phi) is 4.53. The van der Waals surface area contributed by atoms with Gasteiger partial charge in [0.2, 0.25) is 0 Å². The van der Waals surface area contributed by atoms with E-state index >= 15 is 0 Å². The highest BCUT2D eigenvalue weighted by Gasteiger charge is 2.31. The first-order valence-corrected chi connectivity index (χ1v) is 9.44. The van der Waals surface area contributed by atoms with Crippen LogP contribution in [-0.2, 0) is 13.1 Å². The van der Waals surface area contributed by atoms with Crippen LogP contribution < -0.4 is 9.47 Å². The van der Waals surface area contributed by atoms with Gasteiger partial charge >= 0.3 is 0 Å². The van der Waals surface area contributed by atoms with Crippen molar-refractivity contribution in [3.8, 4) is 17.2 Å². The SMILES string of the molecule is COc1cc(CN(Cc2ccc3c(c2)C(C)C(C)O3)C2CC2)ccc1O. The van der Waals surface area contributed by atoms with Crippen LogP contribution in [-0.4, -0.2) is 29.3 Å². The molecule has 2 aromatic rings. The van der Waals surface area contributed by atoms with Crippen LogP contribution in [0.15, 0.2) is 36.4 Å². The Labute approximate surface area is 155 Å². The maximum absolute atomic E-state index is 9.81. The predicted octanol–water partition coefficient (Wildman–Crippen LogP) is 4.45. The molecule has 4 heteroatoms. The number of nitrogens with zero attached hydrogens (tertiary/aromatic N) is 1. The summed E-state index contributed by atoms with van der Waals surface area (Å²) in [5.74, 6) is 2.21. The largest absolute Gasteiger partial charge is 0.504 e. The van der Waals surface area contributed by atoms with Gasteiger partial charge in [0, 0.05) is 30.6 Å². The lowest BCUT2D eigenvalue weighted by molar-refractivity contribution is 0.232. The molecule has 0 saturated heterocycles. The zero-order valence-corrected chi connectivity index (χ0v) is 15.7. The summed E-state index contributed by atoms with van der Waals surface area (Å²) in [4.78, 5) is 2.53. The van der Waals surface area contributed by atoms with Gasteiger partial charge in [-0.2, -0.15) is 0 Å². The van der Waals surface area contributed by atoms with Crippen molar-refractivity contribution in [3.63, 3.8) is 0 Å². The van der Waals surface area contributed by atoms with Crippen LogP contribution in [0, 0.1) is 0 Å². The molecule has 1 heterocycles. The number of rotatable bonds is 6. The third-order valence-electron chi connectivity index (χ3n) is 5.66. The number of hydrogen-bond acceptors (Lipinski definition) is 4. The minimum absolute atomic E-state index is 0.191. The highest BCUT2D eigenvalue weighted by molar-refractivity contribution is 5.44. The number of hydrogen-bond donors (Lipinski definition) is 1. The fourth-order valence-electron chi connectivity index (χ4n) is 3.76. The summed E-state index contributed by atoms with van der Waals surface area (Å²) in [5, 5.41) is 9.81. The first-order valence-electron chi connectivity index (χ1n) is 9.44. The molecule has 1 N–H and O–H groups in total. The molecule has 0 spiro atoms. The lowest BCUT2D eigenvalue weighted by Crippen LogP contribution is -2.25. The minimum Gasteiger partial charge on any atom is -0.504 e. The Hall–Kier alpha value is -2.20. The van der Waals surface area contributed by atoms with E-state index in [1.807, 2.05) is 12.1 Å². The van der Waals surface area contributed by atoms with E-state index in [0.29, 0.717) is 17.7 Å². The zero-order valence-electron chi connectivity index (χ0n) is 15.7. The molecule has 2 unspecified atom stereocenters. The molecule has 4 rings (SSSR count). The Morgan fingerprint density at radius 1 is 1.08 bits per heavy atom. The number of ether oxygens (including phenoxy) is 2. The van der Waals surface area contributed by atoms with E-state index in [1.54, 1.807) is 13.2 Å². The van der Waals surface area contributed by atoms with Crippen molar-refractivity contribution in [2.75, 3.05) is 7.11 Å². The van der Waals surface area contributed by atoms with Crippen molar-refractivity contribution in [1.82, 2.24) is 4.90 Å². The summed E-state index contributed by atoms with van der Waals surface area (Å²) in [6.45, 7) is 6.17. The first-order chi connectivity index (χ1) is 12.5. The Balaban J connectivity index is 1.52. The lowest BCUT2D eigenvalue weighted by Gasteiger charge is -2.23. The number of phenolic OH excluding ortho intramolecular Hbond substituents is 1. The van der Waals surface area contributed by atoms with E-state index in [2.05, 4.69) is 36.9 Å². The van der Waals surface area contributed by atoms with Crippen LogP contribution in [0.1, 0.15) is 49.3 Å². The second kappa shape index (κ2) is 6.84. The number of aromatic hydroxyl groups is 1. The van der Waals surface area contributed by atoms with E-state index in [4.69, 9.17) is 9.47 Å². The average Bonchev–Trinajstić information content (AvgIpc) is 3.44. The molecule has 1 aliphatic carbocycles. The predicted molar refractivity (Wildman–Crippen MR) is 102 cm³/mol. The number of phenols is 1. The molecular formula is C22H27NO3. The summed E-state index contributed by atoms with van der Waals surface area (Å²) in [7, 11) is 1.59. The third kappa shape index (κ3) is 3.38. The first kappa shape index (κ1) is 17.2. The molecule has 0 aromatic heterocycles. The maximum atomic E-state index is 9.81. The number of fused-ring (bicyclic) bond motifs is 1. The van der Waals surface area contributed by atoms with Crippen molar-refractivity contribution >= 4 is 0 Å². The fourth-order valence-corrected chi connectivity index (χ4v) is 3.76. The summed E-state index contributed by atoms with van der Waals surface area (Å²) >= 11 is 0. The molecule has 0 bridgehead atoms. The van der Waals surface area contributed by atoms with Crippen LogP contribution in [0.25, 0.3) is 0 Å². The van der Waals surface area contributed by atoms with Crippen molar-refractivity contribution in [1.29, 1.82) is 0 Å². The van der Waals surface area contributed by atoms with E-state index in [0.717, 1.165) is 24.4 Å². The van der Waals surface area contributed by atoms with Crippen molar-refractivity contribution < 1.29 is 14.6 Å². The van der Waals surface area contributed by atoms with Gasteiger partial charge in [-0.3, -0.25) is 4.90 Å². The normalized spacial score (nSPS) is 21.5. The fraction of sp³-hybridized carbons (Fsp3) is 0.455. The van der Waals surface area contributed by atoms with Crippen molar-refractivity contribution in [3.05, 3.63) is 53.1 Å². The van der Waals surface area contributed by atoms with Crippen LogP contribution in [0.5, 0.6) is 17.2 Å². The lowest BCUT2D eigenvalue weighted by atomic mass is 9.96. The standard InChI is InChI=1S/C22H27NO3/c1-14-15(2)26-21-9-5-16(10-19(14)21)12-23(18-6-7-18)13-17-4-8-20(24)22(11-17)25-3/h4-5,8-11,14-15,18,24H,6-7,12-13H2,1-3H3. The topological polar surface area (TPSA) is 41.9 Å². The molecule has 0 radical (unpaired) electrons. The van der Waals surface area contributed by atoms with Gasteiger partial charge in [0.25, 0.3) is 0 Å². The quantitative estimate of drug-likeness (QED) is 0.833. The molecule has 138 valence electrons. The monoisotopic (exact) mass is 353 g/mol. The van der Waals surface area contributed by atoms with Gasteiger partial charge in [-0.25, -0.2) is 0 Å². The summed E-state index contributed by atoms with van der Waals surface area (Å²) in [6.07, 6.45) is 2.78. The van der Waals surface area contributed by atoms with Crippen LogP contribution >= 0.6 is 0 Å². The molecule has 2 atom stereocenters. The van der Waals surface area contributed by atoms with Crippen molar-refractivity contribution in [2.45, 2.75) is 57.8 Å². The van der Waals surface area contributed by atoms with Gasteiger partial charge in [0.05, 0.1) is 7.11 Å². The smallest absolute Gasteiger partial charge is 0.160 e. The van der Waals surface area contributed by atoms with Gasteiger partial charge in [-0.15, -0.1) is 0 Å². The number of methoxy groups -OCH3 is 1. The third-order valence-corrected chi connectivity index (χ3v) is 5.66. The molecular weight excluding hydrogens is 326 g/mol. The molecule has 1 aliphatic heterocycles. The zero-order chi connectivity index (χ0) is 18.3. The molecule has 1 saturated carbocycles. The Morgan fingerprint density at radius 2 is 1.77 bits per heavy atom. The summed E-state index contributed by atoms with van der Waals surface area (Å²) in [5.41, 5.74) is 3.83. The van der Waals surface area contributed by atoms with Crippen LogP contribution in [0.2, 0.25) is 0 Å². The Bertz CT molecular complexity index is 800. The molecule has 26 heavy (non-hydrogen) atoms. The maximum Gasteiger partial charge on any atom is 0.160 e. The highest BCUT2D eigenvalue weighted by atomic mass is 16.5. The molecule has 4 nitrogen and oxygen atoms in total. The second-order valence-electron chi connectivity index (χ2n) is 7.63. The summed E-state index contributed by atoms with van der Waals surface area (Å²) < 4.78 is 11.2. The van der Waals surface area contributed by atoms with E-state index < -0.39 is 0 Å². The van der Waals surface area contributed by atoms with Crippen LogP contribution in [0.4, 0.5) is 0 Å². The molecule has 2 aromatic carbocycles.